The van der Waals surface area contributed by atoms with E-state index < -0.39 is 0 Å². The quantitative estimate of drug-likeness (QED) is 0.422. The second kappa shape index (κ2) is 9.63. The van der Waals surface area contributed by atoms with Gasteiger partial charge in [0.1, 0.15) is 23.6 Å². The molecule has 10 nitrogen and oxygen atoms in total. The first kappa shape index (κ1) is 22.0. The highest BCUT2D eigenvalue weighted by atomic mass is 16.5. The lowest BCUT2D eigenvalue weighted by molar-refractivity contribution is 0.237. The predicted octanol–water partition coefficient (Wildman–Crippen LogP) is 2.64. The van der Waals surface area contributed by atoms with Gasteiger partial charge in [0.05, 0.1) is 17.4 Å². The summed E-state index contributed by atoms with van der Waals surface area (Å²) in [5, 5.41) is 7.64. The molecule has 0 bridgehead atoms. The number of fused-ring (bicyclic) bond motifs is 1. The number of nitrogens with zero attached hydrogens (tertiary/aromatic N) is 7. The summed E-state index contributed by atoms with van der Waals surface area (Å²) in [6, 6.07) is 5.95. The molecule has 6 heterocycles. The van der Waals surface area contributed by atoms with E-state index in [4.69, 9.17) is 9.72 Å². The fraction of sp³-hybridized carbons (Fsp3) is 0.440. The molecule has 4 aromatic heterocycles. The van der Waals surface area contributed by atoms with Gasteiger partial charge < -0.3 is 19.5 Å². The van der Waals surface area contributed by atoms with Gasteiger partial charge in [-0.1, -0.05) is 0 Å². The van der Waals surface area contributed by atoms with Crippen molar-refractivity contribution in [2.45, 2.75) is 12.8 Å². The molecule has 0 spiro atoms. The monoisotopic (exact) mass is 473 g/mol. The molecular weight excluding hydrogens is 442 g/mol. The number of imidazole rings is 1. The van der Waals surface area contributed by atoms with E-state index in [1.807, 2.05) is 24.4 Å². The van der Waals surface area contributed by atoms with Crippen LogP contribution in [-0.4, -0.2) is 99.4 Å². The Bertz CT molecular complexity index is 1290. The first-order valence-electron chi connectivity index (χ1n) is 12.4. The molecule has 0 unspecified atom stereocenters. The molecule has 0 saturated carbocycles. The Morgan fingerprint density at radius 2 is 1.89 bits per heavy atom. The number of hydrogen-bond donors (Lipinski definition) is 2. The van der Waals surface area contributed by atoms with E-state index in [2.05, 4.69) is 46.9 Å². The Labute approximate surface area is 204 Å². The number of rotatable bonds is 7. The van der Waals surface area contributed by atoms with Gasteiger partial charge in [0.25, 0.3) is 0 Å². The van der Waals surface area contributed by atoms with E-state index in [0.717, 1.165) is 78.1 Å². The maximum atomic E-state index is 5.96. The summed E-state index contributed by atoms with van der Waals surface area (Å²) in [7, 11) is 2.15. The minimum absolute atomic E-state index is 0.666. The van der Waals surface area contributed by atoms with Crippen LogP contribution in [0.3, 0.4) is 0 Å². The van der Waals surface area contributed by atoms with E-state index in [9.17, 15) is 0 Å². The van der Waals surface area contributed by atoms with Gasteiger partial charge in [-0.05, 0) is 51.2 Å². The van der Waals surface area contributed by atoms with Crippen molar-refractivity contribution >= 4 is 16.9 Å². The number of likely N-dealkylation sites (N-methyl/N-ethyl adjacent to an activating group) is 1. The molecular formula is C25H31N9O. The Morgan fingerprint density at radius 1 is 1.03 bits per heavy atom. The molecule has 6 rings (SSSR count). The number of anilines is 1. The third-order valence-electron chi connectivity index (χ3n) is 6.90. The van der Waals surface area contributed by atoms with Crippen molar-refractivity contribution in [1.29, 1.82) is 0 Å². The average Bonchev–Trinajstić information content (AvgIpc) is 3.65. The zero-order valence-electron chi connectivity index (χ0n) is 20.1. The Hall–Kier alpha value is -3.50. The van der Waals surface area contributed by atoms with Crippen molar-refractivity contribution in [3.05, 3.63) is 36.8 Å². The zero-order chi connectivity index (χ0) is 23.6. The molecule has 2 aliphatic rings. The van der Waals surface area contributed by atoms with Gasteiger partial charge in [-0.2, -0.15) is 5.10 Å². The molecule has 0 atom stereocenters. The largest absolute Gasteiger partial charge is 0.491 e. The summed E-state index contributed by atoms with van der Waals surface area (Å²) < 4.78 is 5.96. The van der Waals surface area contributed by atoms with Crippen LogP contribution in [0.5, 0.6) is 5.75 Å². The van der Waals surface area contributed by atoms with E-state index in [0.29, 0.717) is 6.61 Å². The Morgan fingerprint density at radius 3 is 2.74 bits per heavy atom. The maximum Gasteiger partial charge on any atom is 0.156 e. The summed E-state index contributed by atoms with van der Waals surface area (Å²) in [6.07, 6.45) is 7.99. The van der Waals surface area contributed by atoms with Crippen LogP contribution >= 0.6 is 0 Å². The van der Waals surface area contributed by atoms with Crippen molar-refractivity contribution in [2.75, 3.05) is 64.4 Å². The molecule has 10 heteroatoms. The van der Waals surface area contributed by atoms with Crippen LogP contribution < -0.4 is 9.64 Å². The summed E-state index contributed by atoms with van der Waals surface area (Å²) in [6.45, 7) is 7.90. The Balaban J connectivity index is 1.19. The van der Waals surface area contributed by atoms with Gasteiger partial charge >= 0.3 is 0 Å². The SMILES string of the molecule is CN1CCN(c2nccc3[nH]c(-c4cc(-c5cncc(OCCN6CCCC6)c5)n[nH]4)nc23)CC1. The molecule has 4 aromatic rings. The van der Waals surface area contributed by atoms with Crippen molar-refractivity contribution in [2.24, 2.45) is 0 Å². The van der Waals surface area contributed by atoms with Gasteiger partial charge in [0, 0.05) is 50.7 Å². The lowest BCUT2D eigenvalue weighted by Crippen LogP contribution is -2.44. The van der Waals surface area contributed by atoms with Crippen LogP contribution in [0, 0.1) is 0 Å². The summed E-state index contributed by atoms with van der Waals surface area (Å²) in [4.78, 5) is 24.4. The van der Waals surface area contributed by atoms with Crippen LogP contribution in [0.15, 0.2) is 36.8 Å². The van der Waals surface area contributed by atoms with Gasteiger partial charge in [-0.15, -0.1) is 0 Å². The normalized spacial score (nSPS) is 17.5. The fourth-order valence-electron chi connectivity index (χ4n) is 4.83. The van der Waals surface area contributed by atoms with Crippen LogP contribution in [0.4, 0.5) is 5.82 Å². The van der Waals surface area contributed by atoms with Gasteiger partial charge in [-0.25, -0.2) is 9.97 Å². The van der Waals surface area contributed by atoms with Crippen LogP contribution in [-0.2, 0) is 0 Å². The van der Waals surface area contributed by atoms with Crippen LogP contribution in [0.25, 0.3) is 33.8 Å². The highest BCUT2D eigenvalue weighted by Gasteiger charge is 2.20. The smallest absolute Gasteiger partial charge is 0.156 e. The van der Waals surface area contributed by atoms with Crippen molar-refractivity contribution in [3.63, 3.8) is 0 Å². The number of pyridine rings is 2. The number of hydrogen-bond acceptors (Lipinski definition) is 8. The number of aromatic nitrogens is 6. The third-order valence-corrected chi connectivity index (χ3v) is 6.90. The van der Waals surface area contributed by atoms with E-state index in [1.54, 1.807) is 12.4 Å². The van der Waals surface area contributed by atoms with Crippen molar-refractivity contribution < 1.29 is 4.74 Å². The second-order valence-corrected chi connectivity index (χ2v) is 9.38. The predicted molar refractivity (Wildman–Crippen MR) is 136 cm³/mol. The average molecular weight is 474 g/mol. The topological polar surface area (TPSA) is 102 Å². The highest BCUT2D eigenvalue weighted by Crippen LogP contribution is 2.29. The molecule has 182 valence electrons. The summed E-state index contributed by atoms with van der Waals surface area (Å²) in [5.74, 6) is 2.44. The molecule has 2 N–H and O–H groups in total. The maximum absolute atomic E-state index is 5.96. The third kappa shape index (κ3) is 4.71. The lowest BCUT2D eigenvalue weighted by Gasteiger charge is -2.33. The molecule has 0 radical (unpaired) electrons. The molecule has 35 heavy (non-hydrogen) atoms. The second-order valence-electron chi connectivity index (χ2n) is 9.38. The molecule has 0 aromatic carbocycles. The van der Waals surface area contributed by atoms with Crippen molar-refractivity contribution in [3.8, 4) is 28.5 Å². The van der Waals surface area contributed by atoms with Crippen molar-refractivity contribution in [1.82, 2.24) is 39.9 Å². The lowest BCUT2D eigenvalue weighted by atomic mass is 10.2. The number of piperazine rings is 1. The Kier molecular flexibility index (Phi) is 6.05. The number of aromatic amines is 2. The molecule has 0 amide bonds. The summed E-state index contributed by atoms with van der Waals surface area (Å²) >= 11 is 0. The van der Waals surface area contributed by atoms with E-state index in [1.165, 1.54) is 25.9 Å². The molecule has 2 saturated heterocycles. The molecule has 2 aliphatic heterocycles. The highest BCUT2D eigenvalue weighted by molar-refractivity contribution is 5.88. The molecule has 2 fully saturated rings. The van der Waals surface area contributed by atoms with Gasteiger partial charge in [0.15, 0.2) is 11.6 Å². The van der Waals surface area contributed by atoms with Gasteiger partial charge in [-0.3, -0.25) is 15.0 Å². The van der Waals surface area contributed by atoms with Gasteiger partial charge in [0.2, 0.25) is 0 Å². The van der Waals surface area contributed by atoms with E-state index in [-0.39, 0.29) is 0 Å². The zero-order valence-corrected chi connectivity index (χ0v) is 20.1. The first-order chi connectivity index (χ1) is 17.2. The minimum atomic E-state index is 0.666. The fourth-order valence-corrected chi connectivity index (χ4v) is 4.83. The summed E-state index contributed by atoms with van der Waals surface area (Å²) in [5.41, 5.74) is 4.38. The van der Waals surface area contributed by atoms with Crippen LogP contribution in [0.1, 0.15) is 12.8 Å². The van der Waals surface area contributed by atoms with E-state index >= 15 is 0 Å². The minimum Gasteiger partial charge on any atom is -0.491 e. The number of ether oxygens (including phenoxy) is 1. The number of likely N-dealkylation sites (tertiary alicyclic amines) is 1. The number of H-pyrrole nitrogens is 2. The first-order valence-corrected chi connectivity index (χ1v) is 12.4. The van der Waals surface area contributed by atoms with Crippen LogP contribution in [0.2, 0.25) is 0 Å². The number of nitrogens with one attached hydrogen (secondary N) is 2. The molecule has 0 aliphatic carbocycles. The standard InChI is InChI=1S/C25H31N9O/c1-32-8-10-34(11-9-32)25-23-20(4-5-27-25)28-24(29-23)22-15-21(30-31-22)18-14-19(17-26-16-18)35-13-12-33-6-2-3-7-33/h4-5,14-17H,2-3,6-13H2,1H3,(H,28,29)(H,30,31).